The molecular formula is C24H26FN5O2. The summed E-state index contributed by atoms with van der Waals surface area (Å²) in [6, 6.07) is 16.8. The van der Waals surface area contributed by atoms with Crippen molar-refractivity contribution in [2.75, 3.05) is 23.7 Å². The van der Waals surface area contributed by atoms with Gasteiger partial charge >= 0.3 is 6.03 Å². The van der Waals surface area contributed by atoms with Crippen LogP contribution < -0.4 is 10.6 Å². The van der Waals surface area contributed by atoms with Gasteiger partial charge in [-0.15, -0.1) is 0 Å². The molecule has 1 fully saturated rings. The second kappa shape index (κ2) is 9.64. The Bertz CT molecular complexity index is 1080. The zero-order chi connectivity index (χ0) is 22.5. The van der Waals surface area contributed by atoms with Crippen LogP contribution in [0.25, 0.3) is 0 Å². The second-order valence-corrected chi connectivity index (χ2v) is 7.94. The van der Waals surface area contributed by atoms with Gasteiger partial charge in [-0.1, -0.05) is 36.4 Å². The van der Waals surface area contributed by atoms with Gasteiger partial charge in [-0.25, -0.2) is 13.9 Å². The maximum absolute atomic E-state index is 13.3. The fourth-order valence-corrected chi connectivity index (χ4v) is 4.04. The number of piperidine rings is 1. The van der Waals surface area contributed by atoms with Gasteiger partial charge in [0.15, 0.2) is 0 Å². The number of halogens is 1. The summed E-state index contributed by atoms with van der Waals surface area (Å²) in [6.07, 6.45) is 3.12. The number of aromatic nitrogens is 2. The lowest BCUT2D eigenvalue weighted by molar-refractivity contribution is -0.133. The first kappa shape index (κ1) is 21.5. The van der Waals surface area contributed by atoms with Gasteiger partial charge in [0.05, 0.1) is 18.2 Å². The van der Waals surface area contributed by atoms with E-state index in [-0.39, 0.29) is 17.9 Å². The van der Waals surface area contributed by atoms with Gasteiger partial charge in [0.2, 0.25) is 5.91 Å². The first-order valence-electron chi connectivity index (χ1n) is 10.7. The zero-order valence-electron chi connectivity index (χ0n) is 17.9. The van der Waals surface area contributed by atoms with E-state index >= 15 is 0 Å². The van der Waals surface area contributed by atoms with E-state index in [4.69, 9.17) is 0 Å². The van der Waals surface area contributed by atoms with Gasteiger partial charge < -0.3 is 10.2 Å². The van der Waals surface area contributed by atoms with Crippen molar-refractivity contribution < 1.29 is 14.0 Å². The smallest absolute Gasteiger partial charge is 0.324 e. The van der Waals surface area contributed by atoms with Gasteiger partial charge in [-0.3, -0.25) is 10.1 Å². The van der Waals surface area contributed by atoms with Crippen LogP contribution in [-0.4, -0.2) is 39.7 Å². The molecule has 1 aliphatic rings. The standard InChI is InChI=1S/C24H26FN5O2/c1-17(18-6-3-2-4-7-18)23(31)29-14-11-21(12-15-29)30-22(10-13-26-30)28-24(32)27-20-9-5-8-19(25)16-20/h2-10,13,16-17,21H,11-12,14-15H2,1H3,(H2,27,28,32). The highest BCUT2D eigenvalue weighted by molar-refractivity contribution is 5.99. The highest BCUT2D eigenvalue weighted by atomic mass is 19.1. The molecule has 166 valence electrons. The van der Waals surface area contributed by atoms with Crippen LogP contribution in [0.15, 0.2) is 66.9 Å². The Hall–Kier alpha value is -3.68. The van der Waals surface area contributed by atoms with Crippen LogP contribution in [0.4, 0.5) is 20.7 Å². The molecule has 1 aromatic heterocycles. The summed E-state index contributed by atoms with van der Waals surface area (Å²) in [6.45, 7) is 3.21. The van der Waals surface area contributed by atoms with Gasteiger partial charge in [-0.2, -0.15) is 5.10 Å². The summed E-state index contributed by atoms with van der Waals surface area (Å²) in [7, 11) is 0. The average molecular weight is 436 g/mol. The highest BCUT2D eigenvalue weighted by Gasteiger charge is 2.28. The molecule has 2 aromatic carbocycles. The summed E-state index contributed by atoms with van der Waals surface area (Å²) in [4.78, 5) is 27.2. The number of urea groups is 1. The minimum atomic E-state index is -0.471. The average Bonchev–Trinajstić information content (AvgIpc) is 3.26. The van der Waals surface area contributed by atoms with Crippen molar-refractivity contribution in [2.45, 2.75) is 31.7 Å². The summed E-state index contributed by atoms with van der Waals surface area (Å²) in [5.74, 6) is 0.0844. The molecule has 0 saturated carbocycles. The van der Waals surface area contributed by atoms with E-state index in [2.05, 4.69) is 15.7 Å². The van der Waals surface area contributed by atoms with Crippen LogP contribution in [0.1, 0.15) is 37.3 Å². The molecule has 1 unspecified atom stereocenters. The number of carbonyl (C=O) groups excluding carboxylic acids is 2. The molecule has 3 aromatic rings. The maximum atomic E-state index is 13.3. The predicted molar refractivity (Wildman–Crippen MR) is 121 cm³/mol. The fourth-order valence-electron chi connectivity index (χ4n) is 4.04. The number of amides is 3. The number of benzene rings is 2. The lowest BCUT2D eigenvalue weighted by Crippen LogP contribution is -2.41. The van der Waals surface area contributed by atoms with Gasteiger partial charge in [0, 0.05) is 24.8 Å². The van der Waals surface area contributed by atoms with Crippen molar-refractivity contribution in [1.82, 2.24) is 14.7 Å². The van der Waals surface area contributed by atoms with E-state index in [0.717, 1.165) is 18.4 Å². The molecule has 32 heavy (non-hydrogen) atoms. The molecule has 0 bridgehead atoms. The molecule has 1 atom stereocenters. The van der Waals surface area contributed by atoms with E-state index in [1.807, 2.05) is 42.2 Å². The van der Waals surface area contributed by atoms with Gasteiger partial charge in [-0.05, 0) is 43.5 Å². The van der Waals surface area contributed by atoms with Crippen molar-refractivity contribution in [3.05, 3.63) is 78.2 Å². The normalized spacial score (nSPS) is 15.2. The Balaban J connectivity index is 1.34. The van der Waals surface area contributed by atoms with E-state index in [0.29, 0.717) is 24.6 Å². The molecule has 8 heteroatoms. The van der Waals surface area contributed by atoms with E-state index in [1.54, 1.807) is 23.0 Å². The molecule has 0 radical (unpaired) electrons. The van der Waals surface area contributed by atoms with Crippen molar-refractivity contribution in [1.29, 1.82) is 0 Å². The Labute approximate surface area is 186 Å². The Morgan fingerprint density at radius 2 is 1.78 bits per heavy atom. The molecular weight excluding hydrogens is 409 g/mol. The van der Waals surface area contributed by atoms with Crippen molar-refractivity contribution in [2.24, 2.45) is 0 Å². The number of likely N-dealkylation sites (tertiary alicyclic amines) is 1. The minimum Gasteiger partial charge on any atom is -0.342 e. The molecule has 7 nitrogen and oxygen atoms in total. The van der Waals surface area contributed by atoms with Crippen LogP contribution in [0.2, 0.25) is 0 Å². The number of rotatable bonds is 5. The highest BCUT2D eigenvalue weighted by Crippen LogP contribution is 2.28. The van der Waals surface area contributed by atoms with E-state index in [9.17, 15) is 14.0 Å². The van der Waals surface area contributed by atoms with Crippen molar-refractivity contribution in [3.8, 4) is 0 Å². The van der Waals surface area contributed by atoms with Gasteiger partial charge in [0.1, 0.15) is 11.6 Å². The summed E-state index contributed by atoms with van der Waals surface area (Å²) in [5, 5.41) is 9.77. The van der Waals surface area contributed by atoms with Crippen molar-refractivity contribution in [3.63, 3.8) is 0 Å². The molecule has 1 saturated heterocycles. The Morgan fingerprint density at radius 3 is 2.50 bits per heavy atom. The minimum absolute atomic E-state index is 0.0746. The van der Waals surface area contributed by atoms with Crippen LogP contribution in [-0.2, 0) is 4.79 Å². The first-order valence-corrected chi connectivity index (χ1v) is 10.7. The topological polar surface area (TPSA) is 79.3 Å². The zero-order valence-corrected chi connectivity index (χ0v) is 17.9. The van der Waals surface area contributed by atoms with E-state index < -0.39 is 11.8 Å². The fraction of sp³-hybridized carbons (Fsp3) is 0.292. The number of anilines is 2. The Morgan fingerprint density at radius 1 is 1.03 bits per heavy atom. The quantitative estimate of drug-likeness (QED) is 0.613. The van der Waals surface area contributed by atoms with Crippen LogP contribution in [0.3, 0.4) is 0 Å². The number of hydrogen-bond acceptors (Lipinski definition) is 3. The first-order chi connectivity index (χ1) is 15.5. The largest absolute Gasteiger partial charge is 0.342 e. The molecule has 2 heterocycles. The summed E-state index contributed by atoms with van der Waals surface area (Å²) < 4.78 is 15.1. The monoisotopic (exact) mass is 435 g/mol. The predicted octanol–water partition coefficient (Wildman–Crippen LogP) is 4.63. The summed E-state index contributed by atoms with van der Waals surface area (Å²) >= 11 is 0. The molecule has 1 aliphatic heterocycles. The molecule has 3 amide bonds. The lowest BCUT2D eigenvalue weighted by atomic mass is 9.97. The van der Waals surface area contributed by atoms with Crippen LogP contribution in [0, 0.1) is 5.82 Å². The van der Waals surface area contributed by atoms with Crippen molar-refractivity contribution >= 4 is 23.4 Å². The molecule has 4 rings (SSSR count). The number of nitrogens with one attached hydrogen (secondary N) is 2. The maximum Gasteiger partial charge on any atom is 0.324 e. The van der Waals surface area contributed by atoms with Gasteiger partial charge in [0.25, 0.3) is 0 Å². The third kappa shape index (κ3) is 4.96. The molecule has 0 spiro atoms. The third-order valence-corrected chi connectivity index (χ3v) is 5.79. The van der Waals surface area contributed by atoms with Crippen LogP contribution >= 0.6 is 0 Å². The number of hydrogen-bond donors (Lipinski definition) is 2. The lowest BCUT2D eigenvalue weighted by Gasteiger charge is -2.34. The molecule has 2 N–H and O–H groups in total. The molecule has 0 aliphatic carbocycles. The van der Waals surface area contributed by atoms with E-state index in [1.165, 1.54) is 18.2 Å². The summed E-state index contributed by atoms with van der Waals surface area (Å²) in [5.41, 5.74) is 1.38. The van der Waals surface area contributed by atoms with Crippen LogP contribution in [0.5, 0.6) is 0 Å². The number of carbonyl (C=O) groups is 2. The number of nitrogens with zero attached hydrogens (tertiary/aromatic N) is 3. The SMILES string of the molecule is CC(C(=O)N1CCC(n2nccc2NC(=O)Nc2cccc(F)c2)CC1)c1ccccc1. The Kier molecular flexibility index (Phi) is 6.49. The second-order valence-electron chi connectivity index (χ2n) is 7.94. The third-order valence-electron chi connectivity index (χ3n) is 5.79.